The molecule has 0 aromatic rings. The van der Waals surface area contributed by atoms with Crippen molar-refractivity contribution in [1.82, 2.24) is 5.32 Å². The highest BCUT2D eigenvalue weighted by Crippen LogP contribution is 1.89. The number of ether oxygens (including phenoxy) is 1. The molecule has 0 spiro atoms. The molecule has 0 saturated carbocycles. The van der Waals surface area contributed by atoms with Gasteiger partial charge in [-0.15, -0.1) is 0 Å². The Hall–Kier alpha value is -0.610. The van der Waals surface area contributed by atoms with Crippen molar-refractivity contribution in [3.8, 4) is 0 Å². The number of hydrogen-bond donors (Lipinski definition) is 2. The maximum atomic E-state index is 10.6. The fourth-order valence-corrected chi connectivity index (χ4v) is 0.863. The van der Waals surface area contributed by atoms with Gasteiger partial charge in [0, 0.05) is 25.7 Å². The zero-order chi connectivity index (χ0) is 10.1. The van der Waals surface area contributed by atoms with Gasteiger partial charge in [-0.05, 0) is 19.9 Å². The van der Waals surface area contributed by atoms with Gasteiger partial charge in [-0.2, -0.15) is 0 Å². The van der Waals surface area contributed by atoms with Gasteiger partial charge in [0.05, 0.1) is 0 Å². The summed E-state index contributed by atoms with van der Waals surface area (Å²) in [5.74, 6) is -0.343. The van der Waals surface area contributed by atoms with E-state index in [1.54, 1.807) is 0 Å². The van der Waals surface area contributed by atoms with Crippen LogP contribution in [0.3, 0.4) is 0 Å². The fraction of sp³-hybridized carbons (Fsp3) is 0.889. The summed E-state index contributed by atoms with van der Waals surface area (Å²) in [6.07, 6.45) is 0.972. The zero-order valence-corrected chi connectivity index (χ0v) is 8.51. The number of amides is 1. The molecule has 0 heterocycles. The molecular weight excluding hydrogens is 168 g/mol. The van der Waals surface area contributed by atoms with Crippen molar-refractivity contribution in [1.29, 1.82) is 0 Å². The van der Waals surface area contributed by atoms with Gasteiger partial charge in [-0.3, -0.25) is 4.79 Å². The summed E-state index contributed by atoms with van der Waals surface area (Å²) in [6, 6.07) is 0. The molecule has 0 aliphatic heterocycles. The minimum Gasteiger partial charge on any atom is -0.382 e. The predicted octanol–water partition coefficient (Wildman–Crippen LogP) is 0.124. The van der Waals surface area contributed by atoms with Gasteiger partial charge in [-0.1, -0.05) is 6.92 Å². The first-order valence-electron chi connectivity index (χ1n) is 4.76. The van der Waals surface area contributed by atoms with E-state index < -0.39 is 0 Å². The first-order chi connectivity index (χ1) is 6.18. The lowest BCUT2D eigenvalue weighted by Gasteiger charge is -2.08. The van der Waals surface area contributed by atoms with Crippen molar-refractivity contribution in [2.45, 2.75) is 20.3 Å². The van der Waals surface area contributed by atoms with Crippen LogP contribution in [0.5, 0.6) is 0 Å². The van der Waals surface area contributed by atoms with Crippen LogP contribution in [0, 0.1) is 5.92 Å². The summed E-state index contributed by atoms with van der Waals surface area (Å²) in [5, 5.41) is 3.14. The van der Waals surface area contributed by atoms with E-state index in [-0.39, 0.29) is 11.8 Å². The normalized spacial score (nSPS) is 12.8. The van der Waals surface area contributed by atoms with Crippen LogP contribution in [0.25, 0.3) is 0 Å². The summed E-state index contributed by atoms with van der Waals surface area (Å²) in [6.45, 7) is 6.85. The number of carbonyl (C=O) groups excluding carboxylic acids is 1. The van der Waals surface area contributed by atoms with Crippen LogP contribution >= 0.6 is 0 Å². The Morgan fingerprint density at radius 2 is 2.31 bits per heavy atom. The summed E-state index contributed by atoms with van der Waals surface area (Å²) in [5.41, 5.74) is 5.09. The Morgan fingerprint density at radius 3 is 2.85 bits per heavy atom. The lowest BCUT2D eigenvalue weighted by atomic mass is 10.2. The quantitative estimate of drug-likeness (QED) is 0.532. The zero-order valence-electron chi connectivity index (χ0n) is 8.51. The third-order valence-corrected chi connectivity index (χ3v) is 1.78. The summed E-state index contributed by atoms with van der Waals surface area (Å²) in [7, 11) is 0. The molecule has 0 radical (unpaired) electrons. The Kier molecular flexibility index (Phi) is 7.63. The molecule has 0 aliphatic carbocycles. The number of rotatable bonds is 8. The first kappa shape index (κ1) is 12.4. The van der Waals surface area contributed by atoms with Crippen LogP contribution in [0.15, 0.2) is 0 Å². The van der Waals surface area contributed by atoms with Crippen molar-refractivity contribution in [2.75, 3.05) is 26.3 Å². The highest BCUT2D eigenvalue weighted by Gasteiger charge is 2.06. The highest BCUT2D eigenvalue weighted by molar-refractivity contribution is 5.76. The smallest absolute Gasteiger partial charge is 0.221 e. The van der Waals surface area contributed by atoms with Gasteiger partial charge in [-0.25, -0.2) is 0 Å². The average Bonchev–Trinajstić information content (AvgIpc) is 2.10. The van der Waals surface area contributed by atoms with Gasteiger partial charge in [0.2, 0.25) is 5.91 Å². The van der Waals surface area contributed by atoms with Crippen LogP contribution in [0.1, 0.15) is 20.3 Å². The lowest BCUT2D eigenvalue weighted by molar-refractivity contribution is -0.121. The van der Waals surface area contributed by atoms with Crippen molar-refractivity contribution in [3.05, 3.63) is 0 Å². The molecule has 13 heavy (non-hydrogen) atoms. The topological polar surface area (TPSA) is 64.3 Å². The molecule has 1 amide bonds. The molecule has 78 valence electrons. The van der Waals surface area contributed by atoms with E-state index >= 15 is 0 Å². The number of nitrogens with two attached hydrogens (primary N) is 1. The van der Waals surface area contributed by atoms with Crippen LogP contribution in [0.2, 0.25) is 0 Å². The molecule has 0 aliphatic rings. The summed E-state index contributed by atoms with van der Waals surface area (Å²) >= 11 is 0. The molecule has 0 fully saturated rings. The number of nitrogens with one attached hydrogen (secondary N) is 1. The maximum Gasteiger partial charge on any atom is 0.221 e. The van der Waals surface area contributed by atoms with Gasteiger partial charge >= 0.3 is 0 Å². The first-order valence-corrected chi connectivity index (χ1v) is 4.76. The van der Waals surface area contributed by atoms with Crippen LogP contribution in [-0.2, 0) is 9.53 Å². The Balaban J connectivity index is 3.11. The van der Waals surface area contributed by atoms with Gasteiger partial charge in [0.1, 0.15) is 0 Å². The second-order valence-electron chi connectivity index (χ2n) is 3.06. The average molecular weight is 188 g/mol. The number of carbonyl (C=O) groups is 1. The summed E-state index contributed by atoms with van der Waals surface area (Å²) < 4.78 is 5.16. The molecule has 4 heteroatoms. The van der Waals surface area contributed by atoms with E-state index in [4.69, 9.17) is 10.5 Å². The maximum absolute atomic E-state index is 10.6. The largest absolute Gasteiger partial charge is 0.382 e. The number of hydrogen-bond acceptors (Lipinski definition) is 3. The molecule has 3 N–H and O–H groups in total. The standard InChI is InChI=1S/C9H20N2O2/c1-3-13-6-4-5-11-7-8(2)9(10)12/h8,11H,3-7H2,1-2H3,(H2,10,12). The molecule has 4 nitrogen and oxygen atoms in total. The highest BCUT2D eigenvalue weighted by atomic mass is 16.5. The number of primary amides is 1. The Labute approximate surface area is 79.8 Å². The molecule has 1 atom stereocenters. The van der Waals surface area contributed by atoms with Gasteiger partial charge < -0.3 is 15.8 Å². The van der Waals surface area contributed by atoms with Gasteiger partial charge in [0.15, 0.2) is 0 Å². The molecule has 0 aromatic carbocycles. The van der Waals surface area contributed by atoms with Crippen LogP contribution in [0.4, 0.5) is 0 Å². The van der Waals surface area contributed by atoms with Crippen LogP contribution < -0.4 is 11.1 Å². The van der Waals surface area contributed by atoms with E-state index in [9.17, 15) is 4.79 Å². The second kappa shape index (κ2) is 8.01. The van der Waals surface area contributed by atoms with Crippen LogP contribution in [-0.4, -0.2) is 32.2 Å². The van der Waals surface area contributed by atoms with E-state index in [0.29, 0.717) is 6.54 Å². The monoisotopic (exact) mass is 188 g/mol. The van der Waals surface area contributed by atoms with E-state index in [2.05, 4.69) is 5.32 Å². The fourth-order valence-electron chi connectivity index (χ4n) is 0.863. The second-order valence-corrected chi connectivity index (χ2v) is 3.06. The van der Waals surface area contributed by atoms with E-state index in [1.807, 2.05) is 13.8 Å². The third kappa shape index (κ3) is 7.74. The van der Waals surface area contributed by atoms with E-state index in [1.165, 1.54) is 0 Å². The molecule has 0 saturated heterocycles. The molecule has 1 unspecified atom stereocenters. The van der Waals surface area contributed by atoms with Gasteiger partial charge in [0.25, 0.3) is 0 Å². The predicted molar refractivity (Wildman–Crippen MR) is 52.3 cm³/mol. The van der Waals surface area contributed by atoms with Crippen molar-refractivity contribution in [3.63, 3.8) is 0 Å². The van der Waals surface area contributed by atoms with Crippen molar-refractivity contribution in [2.24, 2.45) is 11.7 Å². The lowest BCUT2D eigenvalue weighted by Crippen LogP contribution is -2.31. The summed E-state index contributed by atoms with van der Waals surface area (Å²) in [4.78, 5) is 10.6. The molecular formula is C9H20N2O2. The minimum atomic E-state index is -0.252. The Morgan fingerprint density at radius 1 is 1.62 bits per heavy atom. The van der Waals surface area contributed by atoms with E-state index in [0.717, 1.165) is 26.2 Å². The molecule has 0 rings (SSSR count). The minimum absolute atomic E-state index is 0.0907. The Bertz CT molecular complexity index is 140. The van der Waals surface area contributed by atoms with Crippen molar-refractivity contribution >= 4 is 5.91 Å². The third-order valence-electron chi connectivity index (χ3n) is 1.78. The molecule has 0 aromatic heterocycles. The SMILES string of the molecule is CCOCCCNCC(C)C(N)=O. The van der Waals surface area contributed by atoms with Crippen molar-refractivity contribution < 1.29 is 9.53 Å². The molecule has 0 bridgehead atoms.